The van der Waals surface area contributed by atoms with Gasteiger partial charge in [0, 0.05) is 23.2 Å². The van der Waals surface area contributed by atoms with Gasteiger partial charge < -0.3 is 5.32 Å². The van der Waals surface area contributed by atoms with E-state index in [9.17, 15) is 9.00 Å². The molecule has 0 saturated heterocycles. The Morgan fingerprint density at radius 3 is 2.47 bits per heavy atom. The van der Waals surface area contributed by atoms with Crippen molar-refractivity contribution < 1.29 is 4.21 Å². The Balaban J connectivity index is 1.99. The molecule has 0 saturated carbocycles. The zero-order chi connectivity index (χ0) is 22.1. The minimum Gasteiger partial charge on any atom is -0.361 e. The number of anilines is 1. The molecule has 3 rings (SSSR count). The molecule has 30 heavy (non-hydrogen) atoms. The first kappa shape index (κ1) is 22.2. The predicted octanol–water partition coefficient (Wildman–Crippen LogP) is 4.16. The third-order valence-corrected chi connectivity index (χ3v) is 7.10. The maximum absolute atomic E-state index is 13.1. The van der Waals surface area contributed by atoms with E-state index in [1.54, 1.807) is 42.7 Å². The second-order valence-electron chi connectivity index (χ2n) is 7.10. The van der Waals surface area contributed by atoms with E-state index in [1.807, 2.05) is 13.8 Å². The van der Waals surface area contributed by atoms with E-state index < -0.39 is 9.73 Å². The third kappa shape index (κ3) is 4.32. The van der Waals surface area contributed by atoms with E-state index in [0.29, 0.717) is 28.3 Å². The van der Waals surface area contributed by atoms with Crippen molar-refractivity contribution in [3.05, 3.63) is 51.2 Å². The van der Waals surface area contributed by atoms with Crippen LogP contribution >= 0.6 is 11.6 Å². The number of aromatic nitrogens is 4. The van der Waals surface area contributed by atoms with Crippen molar-refractivity contribution in [1.29, 1.82) is 4.78 Å². The monoisotopic (exact) mass is 448 g/mol. The average molecular weight is 449 g/mol. The highest BCUT2D eigenvalue weighted by atomic mass is 35.5. The Labute approximate surface area is 180 Å². The van der Waals surface area contributed by atoms with Crippen LogP contribution < -0.4 is 10.9 Å². The van der Waals surface area contributed by atoms with Crippen molar-refractivity contribution in [1.82, 2.24) is 19.5 Å². The van der Waals surface area contributed by atoms with Crippen molar-refractivity contribution in [3.8, 4) is 0 Å². The highest BCUT2D eigenvalue weighted by Gasteiger charge is 2.18. The fraction of sp³-hybridized carbons (Fsp3) is 0.400. The Morgan fingerprint density at radius 2 is 1.87 bits per heavy atom. The van der Waals surface area contributed by atoms with Gasteiger partial charge in [-0.2, -0.15) is 4.98 Å². The lowest BCUT2D eigenvalue weighted by atomic mass is 10.2. The molecule has 0 fully saturated rings. The van der Waals surface area contributed by atoms with E-state index in [0.717, 1.165) is 12.0 Å². The number of benzene rings is 1. The first-order chi connectivity index (χ1) is 14.2. The van der Waals surface area contributed by atoms with E-state index in [-0.39, 0.29) is 28.5 Å². The fourth-order valence-electron chi connectivity index (χ4n) is 3.07. The molecule has 2 N–H and O–H groups in total. The van der Waals surface area contributed by atoms with Gasteiger partial charge in [0.2, 0.25) is 5.28 Å². The van der Waals surface area contributed by atoms with Crippen molar-refractivity contribution in [3.63, 3.8) is 0 Å². The molecule has 1 aromatic carbocycles. The van der Waals surface area contributed by atoms with Crippen LogP contribution in [0.15, 0.2) is 34.0 Å². The molecule has 160 valence electrons. The number of rotatable bonds is 7. The standard InChI is InChI=1S/C20H25ClN6O2S/c1-5-12(3)27-18-16(13(4)24-20(21)26-18)25-17(19(27)28)23-11-14-7-9-15(10-8-14)30(22,29)6-2/h7-10,12,22H,5-6,11H2,1-4H3,(H,23,25)/t12-,30?/m0/s1. The van der Waals surface area contributed by atoms with Gasteiger partial charge >= 0.3 is 0 Å². The molecule has 2 atom stereocenters. The number of nitrogens with zero attached hydrogens (tertiary/aromatic N) is 4. The number of nitrogens with one attached hydrogen (secondary N) is 2. The van der Waals surface area contributed by atoms with Crippen LogP contribution in [0.1, 0.15) is 44.5 Å². The Bertz CT molecular complexity index is 1240. The molecule has 8 nitrogen and oxygen atoms in total. The minimum absolute atomic E-state index is 0.0807. The maximum atomic E-state index is 13.1. The molecule has 0 amide bonds. The number of fused-ring (bicyclic) bond motifs is 1. The summed E-state index contributed by atoms with van der Waals surface area (Å²) in [5.74, 6) is 0.477. The quantitative estimate of drug-likeness (QED) is 0.524. The molecule has 0 aliphatic carbocycles. The third-order valence-electron chi connectivity index (χ3n) is 5.09. The molecule has 2 aromatic heterocycles. The van der Waals surface area contributed by atoms with Crippen LogP contribution in [-0.2, 0) is 16.3 Å². The number of halogens is 1. The van der Waals surface area contributed by atoms with Crippen LogP contribution in [0.3, 0.4) is 0 Å². The lowest BCUT2D eigenvalue weighted by Crippen LogP contribution is -2.28. The highest BCUT2D eigenvalue weighted by molar-refractivity contribution is 7.92. The second kappa shape index (κ2) is 8.69. The first-order valence-electron chi connectivity index (χ1n) is 9.73. The average Bonchev–Trinajstić information content (AvgIpc) is 2.72. The molecule has 0 aliphatic heterocycles. The first-order valence-corrected chi connectivity index (χ1v) is 11.8. The van der Waals surface area contributed by atoms with E-state index in [2.05, 4.69) is 20.3 Å². The van der Waals surface area contributed by atoms with Crippen molar-refractivity contribution >= 4 is 38.3 Å². The molecular formula is C20H25ClN6O2S. The van der Waals surface area contributed by atoms with Crippen LogP contribution in [0.2, 0.25) is 5.28 Å². The highest BCUT2D eigenvalue weighted by Crippen LogP contribution is 2.21. The summed E-state index contributed by atoms with van der Waals surface area (Å²) in [7, 11) is -2.75. The summed E-state index contributed by atoms with van der Waals surface area (Å²) in [6.45, 7) is 7.81. The van der Waals surface area contributed by atoms with Crippen LogP contribution in [0.4, 0.5) is 5.82 Å². The summed E-state index contributed by atoms with van der Waals surface area (Å²) in [6, 6.07) is 6.90. The van der Waals surface area contributed by atoms with E-state index in [1.165, 1.54) is 0 Å². The topological polar surface area (TPSA) is 114 Å². The molecule has 10 heteroatoms. The molecule has 0 aliphatic rings. The zero-order valence-electron chi connectivity index (χ0n) is 17.4. The maximum Gasteiger partial charge on any atom is 0.295 e. The summed E-state index contributed by atoms with van der Waals surface area (Å²) < 4.78 is 21.7. The molecule has 2 heterocycles. The van der Waals surface area contributed by atoms with Gasteiger partial charge in [-0.05, 0) is 49.6 Å². The van der Waals surface area contributed by atoms with Gasteiger partial charge in [0.1, 0.15) is 5.52 Å². The van der Waals surface area contributed by atoms with Gasteiger partial charge in [0.05, 0.1) is 15.4 Å². The molecule has 1 unspecified atom stereocenters. The largest absolute Gasteiger partial charge is 0.361 e. The fourth-order valence-corrected chi connectivity index (χ4v) is 4.19. The lowest BCUT2D eigenvalue weighted by molar-refractivity contribution is 0.526. The van der Waals surface area contributed by atoms with Crippen molar-refractivity contribution in [2.75, 3.05) is 11.1 Å². The molecule has 0 bridgehead atoms. The number of hydrogen-bond donors (Lipinski definition) is 2. The lowest BCUT2D eigenvalue weighted by Gasteiger charge is -2.18. The summed E-state index contributed by atoms with van der Waals surface area (Å²) in [6.07, 6.45) is 0.740. The van der Waals surface area contributed by atoms with Crippen LogP contribution in [-0.4, -0.2) is 29.5 Å². The second-order valence-corrected chi connectivity index (χ2v) is 9.84. The summed E-state index contributed by atoms with van der Waals surface area (Å²) >= 11 is 6.02. The molecule has 0 spiro atoms. The van der Waals surface area contributed by atoms with Crippen molar-refractivity contribution in [2.45, 2.75) is 51.6 Å². The van der Waals surface area contributed by atoms with Crippen LogP contribution in [0.25, 0.3) is 11.2 Å². The number of aryl methyl sites for hydroxylation is 1. The number of hydrogen-bond acceptors (Lipinski definition) is 7. The van der Waals surface area contributed by atoms with Crippen LogP contribution in [0.5, 0.6) is 0 Å². The predicted molar refractivity (Wildman–Crippen MR) is 120 cm³/mol. The Hall–Kier alpha value is -2.52. The van der Waals surface area contributed by atoms with Gasteiger partial charge in [-0.15, -0.1) is 0 Å². The molecular weight excluding hydrogens is 424 g/mol. The summed E-state index contributed by atoms with van der Waals surface area (Å²) in [5.41, 5.74) is 2.15. The van der Waals surface area contributed by atoms with Crippen LogP contribution in [0, 0.1) is 11.7 Å². The van der Waals surface area contributed by atoms with Gasteiger partial charge in [0.15, 0.2) is 11.5 Å². The molecule has 3 aromatic rings. The van der Waals surface area contributed by atoms with Gasteiger partial charge in [-0.1, -0.05) is 26.0 Å². The summed E-state index contributed by atoms with van der Waals surface area (Å²) in [5, 5.41) is 3.18. The normalized spacial score (nSPS) is 14.4. The van der Waals surface area contributed by atoms with Gasteiger partial charge in [0.25, 0.3) is 5.56 Å². The minimum atomic E-state index is -2.75. The van der Waals surface area contributed by atoms with Gasteiger partial charge in [-0.25, -0.2) is 19.0 Å². The Kier molecular flexibility index (Phi) is 6.42. The van der Waals surface area contributed by atoms with Gasteiger partial charge in [-0.3, -0.25) is 9.36 Å². The smallest absolute Gasteiger partial charge is 0.295 e. The van der Waals surface area contributed by atoms with E-state index in [4.69, 9.17) is 16.4 Å². The Morgan fingerprint density at radius 1 is 1.20 bits per heavy atom. The van der Waals surface area contributed by atoms with E-state index >= 15 is 0 Å². The summed E-state index contributed by atoms with van der Waals surface area (Å²) in [4.78, 5) is 26.5. The van der Waals surface area contributed by atoms with Crippen molar-refractivity contribution in [2.24, 2.45) is 0 Å². The SMILES string of the molecule is CC[C@H](C)n1c(=O)c(NCc2ccc(S(=N)(=O)CC)cc2)nc2c(C)nc(Cl)nc21. The zero-order valence-corrected chi connectivity index (χ0v) is 19.0. The molecule has 0 radical (unpaired) electrons.